The summed E-state index contributed by atoms with van der Waals surface area (Å²) in [5, 5.41) is 7.10. The Balaban J connectivity index is 1.55. The Morgan fingerprint density at radius 1 is 0.931 bits per heavy atom. The topological polar surface area (TPSA) is 55.1 Å². The number of nitrogens with one attached hydrogen (secondary N) is 1. The number of aryl methyl sites for hydroxylation is 1. The molecule has 4 heteroatoms. The predicted molar refractivity (Wildman–Crippen MR) is 113 cm³/mol. The summed E-state index contributed by atoms with van der Waals surface area (Å²) in [4.78, 5) is 12.9. The first kappa shape index (κ1) is 18.7. The van der Waals surface area contributed by atoms with Crippen molar-refractivity contribution in [3.05, 3.63) is 113 Å². The van der Waals surface area contributed by atoms with Crippen LogP contribution in [0.25, 0.3) is 11.3 Å². The van der Waals surface area contributed by atoms with Crippen LogP contribution in [-0.2, 0) is 6.42 Å². The van der Waals surface area contributed by atoms with Crippen molar-refractivity contribution in [2.24, 2.45) is 0 Å². The zero-order valence-corrected chi connectivity index (χ0v) is 16.2. The monoisotopic (exact) mass is 382 g/mol. The minimum atomic E-state index is -0.252. The number of rotatable bonds is 6. The summed E-state index contributed by atoms with van der Waals surface area (Å²) in [6.45, 7) is 2.02. The molecule has 1 atom stereocenters. The van der Waals surface area contributed by atoms with E-state index in [0.29, 0.717) is 12.2 Å². The molecule has 4 aromatic rings. The van der Waals surface area contributed by atoms with Gasteiger partial charge in [-0.2, -0.15) is 0 Å². The first-order valence-corrected chi connectivity index (χ1v) is 9.62. The average Bonchev–Trinajstić information content (AvgIpc) is 3.25. The van der Waals surface area contributed by atoms with Crippen LogP contribution in [0.3, 0.4) is 0 Å². The molecule has 0 bridgehead atoms. The Labute approximate surface area is 170 Å². The molecule has 0 radical (unpaired) electrons. The first-order valence-electron chi connectivity index (χ1n) is 9.62. The van der Waals surface area contributed by atoms with E-state index in [1.807, 2.05) is 79.7 Å². The Morgan fingerprint density at radius 3 is 2.38 bits per heavy atom. The molecule has 1 amide bonds. The fourth-order valence-electron chi connectivity index (χ4n) is 3.34. The van der Waals surface area contributed by atoms with Gasteiger partial charge in [0.1, 0.15) is 0 Å². The van der Waals surface area contributed by atoms with E-state index in [1.165, 1.54) is 0 Å². The van der Waals surface area contributed by atoms with Gasteiger partial charge < -0.3 is 9.84 Å². The van der Waals surface area contributed by atoms with Crippen molar-refractivity contribution < 1.29 is 9.32 Å². The van der Waals surface area contributed by atoms with Gasteiger partial charge in [-0.05, 0) is 30.5 Å². The van der Waals surface area contributed by atoms with E-state index >= 15 is 0 Å². The number of benzene rings is 3. The minimum absolute atomic E-state index is 0.162. The van der Waals surface area contributed by atoms with Gasteiger partial charge >= 0.3 is 0 Å². The SMILES string of the molecule is Cc1cccc(-c2cc(C(=O)N[C@H](Cc3ccccc3)c3ccccc3)no2)c1. The first-order chi connectivity index (χ1) is 14.2. The molecule has 0 aliphatic rings. The normalized spacial score (nSPS) is 11.8. The van der Waals surface area contributed by atoms with Crippen molar-refractivity contribution in [1.29, 1.82) is 0 Å². The van der Waals surface area contributed by atoms with Crippen LogP contribution in [0.1, 0.15) is 33.2 Å². The summed E-state index contributed by atoms with van der Waals surface area (Å²) in [5.41, 5.74) is 4.50. The van der Waals surface area contributed by atoms with Crippen molar-refractivity contribution in [3.63, 3.8) is 0 Å². The quantitative estimate of drug-likeness (QED) is 0.488. The number of nitrogens with zero attached hydrogens (tertiary/aromatic N) is 1. The fraction of sp³-hybridized carbons (Fsp3) is 0.120. The van der Waals surface area contributed by atoms with Crippen LogP contribution in [0.5, 0.6) is 0 Å². The lowest BCUT2D eigenvalue weighted by atomic mass is 9.98. The van der Waals surface area contributed by atoms with Crippen LogP contribution in [0.2, 0.25) is 0 Å². The summed E-state index contributed by atoms with van der Waals surface area (Å²) < 4.78 is 5.42. The van der Waals surface area contributed by atoms with Crippen LogP contribution < -0.4 is 5.32 Å². The fourth-order valence-corrected chi connectivity index (χ4v) is 3.34. The van der Waals surface area contributed by atoms with Gasteiger partial charge in [0.2, 0.25) is 0 Å². The summed E-state index contributed by atoms with van der Waals surface area (Å²) in [5.74, 6) is 0.329. The lowest BCUT2D eigenvalue weighted by Crippen LogP contribution is -2.30. The highest BCUT2D eigenvalue weighted by Crippen LogP contribution is 2.23. The van der Waals surface area contributed by atoms with E-state index in [4.69, 9.17) is 4.52 Å². The molecule has 1 aromatic heterocycles. The molecule has 144 valence electrons. The highest BCUT2D eigenvalue weighted by Gasteiger charge is 2.19. The van der Waals surface area contributed by atoms with Crippen LogP contribution in [0.4, 0.5) is 0 Å². The molecular weight excluding hydrogens is 360 g/mol. The van der Waals surface area contributed by atoms with Gasteiger partial charge in [-0.15, -0.1) is 0 Å². The second-order valence-corrected chi connectivity index (χ2v) is 7.07. The lowest BCUT2D eigenvalue weighted by molar-refractivity contribution is 0.0927. The molecular formula is C25H22N2O2. The van der Waals surface area contributed by atoms with Crippen LogP contribution >= 0.6 is 0 Å². The molecule has 0 aliphatic carbocycles. The average molecular weight is 382 g/mol. The molecule has 0 saturated heterocycles. The molecule has 0 unspecified atom stereocenters. The Hall–Kier alpha value is -3.66. The molecule has 1 N–H and O–H groups in total. The third-order valence-electron chi connectivity index (χ3n) is 4.84. The van der Waals surface area contributed by atoms with Crippen molar-refractivity contribution in [1.82, 2.24) is 10.5 Å². The largest absolute Gasteiger partial charge is 0.355 e. The van der Waals surface area contributed by atoms with Crippen LogP contribution in [0, 0.1) is 6.92 Å². The third kappa shape index (κ3) is 4.61. The van der Waals surface area contributed by atoms with Gasteiger partial charge in [0.25, 0.3) is 5.91 Å². The third-order valence-corrected chi connectivity index (χ3v) is 4.84. The highest BCUT2D eigenvalue weighted by atomic mass is 16.5. The van der Waals surface area contributed by atoms with E-state index in [1.54, 1.807) is 6.07 Å². The molecule has 1 heterocycles. The molecule has 4 nitrogen and oxygen atoms in total. The van der Waals surface area contributed by atoms with Gasteiger partial charge in [0.15, 0.2) is 11.5 Å². The molecule has 0 spiro atoms. The highest BCUT2D eigenvalue weighted by molar-refractivity contribution is 5.93. The Kier molecular flexibility index (Phi) is 5.52. The molecule has 4 rings (SSSR count). The van der Waals surface area contributed by atoms with Crippen molar-refractivity contribution in [2.45, 2.75) is 19.4 Å². The smallest absolute Gasteiger partial charge is 0.273 e. The maximum absolute atomic E-state index is 12.9. The van der Waals surface area contributed by atoms with Gasteiger partial charge in [-0.25, -0.2) is 0 Å². The summed E-state index contributed by atoms with van der Waals surface area (Å²) in [6.07, 6.45) is 0.694. The maximum Gasteiger partial charge on any atom is 0.273 e. The number of aromatic nitrogens is 1. The molecule has 0 aliphatic heterocycles. The van der Waals surface area contributed by atoms with Crippen molar-refractivity contribution in [2.75, 3.05) is 0 Å². The second kappa shape index (κ2) is 8.57. The Morgan fingerprint density at radius 2 is 1.66 bits per heavy atom. The summed E-state index contributed by atoms with van der Waals surface area (Å²) >= 11 is 0. The van der Waals surface area contributed by atoms with Crippen molar-refractivity contribution >= 4 is 5.91 Å². The number of amides is 1. The zero-order chi connectivity index (χ0) is 20.1. The summed E-state index contributed by atoms with van der Waals surface area (Å²) in [7, 11) is 0. The van der Waals surface area contributed by atoms with Crippen LogP contribution in [-0.4, -0.2) is 11.1 Å². The number of carbonyl (C=O) groups is 1. The number of hydrogen-bond donors (Lipinski definition) is 1. The zero-order valence-electron chi connectivity index (χ0n) is 16.2. The van der Waals surface area contributed by atoms with Gasteiger partial charge in [-0.1, -0.05) is 89.6 Å². The van der Waals surface area contributed by atoms with E-state index in [0.717, 1.165) is 22.3 Å². The van der Waals surface area contributed by atoms with E-state index in [-0.39, 0.29) is 17.6 Å². The standard InChI is InChI=1S/C25H22N2O2/c1-18-9-8-14-21(15-18)24-17-23(27-29-24)25(28)26-22(20-12-6-3-7-13-20)16-19-10-4-2-5-11-19/h2-15,17,22H,16H2,1H3,(H,26,28)/t22-/m1/s1. The molecule has 29 heavy (non-hydrogen) atoms. The second-order valence-electron chi connectivity index (χ2n) is 7.07. The van der Waals surface area contributed by atoms with Gasteiger partial charge in [0.05, 0.1) is 6.04 Å². The molecule has 0 saturated carbocycles. The number of hydrogen-bond acceptors (Lipinski definition) is 3. The van der Waals surface area contributed by atoms with Gasteiger partial charge in [0, 0.05) is 11.6 Å². The van der Waals surface area contributed by atoms with Gasteiger partial charge in [-0.3, -0.25) is 4.79 Å². The predicted octanol–water partition coefficient (Wildman–Crippen LogP) is 5.36. The minimum Gasteiger partial charge on any atom is -0.355 e. The lowest BCUT2D eigenvalue weighted by Gasteiger charge is -2.19. The van der Waals surface area contributed by atoms with E-state index in [9.17, 15) is 4.79 Å². The number of carbonyl (C=O) groups excluding carboxylic acids is 1. The maximum atomic E-state index is 12.9. The molecule has 3 aromatic carbocycles. The Bertz CT molecular complexity index is 1090. The van der Waals surface area contributed by atoms with E-state index < -0.39 is 0 Å². The van der Waals surface area contributed by atoms with Crippen molar-refractivity contribution in [3.8, 4) is 11.3 Å². The van der Waals surface area contributed by atoms with E-state index in [2.05, 4.69) is 22.6 Å². The van der Waals surface area contributed by atoms with Crippen LogP contribution in [0.15, 0.2) is 95.5 Å². The summed E-state index contributed by atoms with van der Waals surface area (Å²) in [6, 6.07) is 29.5. The molecule has 0 fully saturated rings.